The molecule has 0 fully saturated rings. The smallest absolute Gasteiger partial charge is 0.371 e. The lowest BCUT2D eigenvalue weighted by atomic mass is 10.2. The fraction of sp³-hybridized carbons (Fsp3) is 0.273. The van der Waals surface area contributed by atoms with Gasteiger partial charge in [-0.25, -0.2) is 4.79 Å². The highest BCUT2D eigenvalue weighted by atomic mass is 32.1. The number of carbonyl (C=O) groups is 1. The number of hydrogen-bond donors (Lipinski definition) is 2. The summed E-state index contributed by atoms with van der Waals surface area (Å²) >= 11 is 1.58. The molecule has 0 atom stereocenters. The van der Waals surface area contributed by atoms with Gasteiger partial charge in [-0.1, -0.05) is 0 Å². The monoisotopic (exact) mass is 252 g/mol. The quantitative estimate of drug-likeness (QED) is 0.851. The van der Waals surface area contributed by atoms with Crippen LogP contribution in [0, 0.1) is 6.92 Å². The van der Waals surface area contributed by atoms with Crippen molar-refractivity contribution in [2.24, 2.45) is 0 Å². The van der Waals surface area contributed by atoms with Crippen LogP contribution in [0.2, 0.25) is 0 Å². The van der Waals surface area contributed by atoms with E-state index in [9.17, 15) is 4.79 Å². The maximum atomic E-state index is 10.7. The number of carboxylic acid groups (broad SMARTS) is 1. The predicted molar refractivity (Wildman–Crippen MR) is 63.1 cm³/mol. The van der Waals surface area contributed by atoms with Crippen LogP contribution in [0.4, 0.5) is 0 Å². The summed E-state index contributed by atoms with van der Waals surface area (Å²) in [5.41, 5.74) is 2.65. The second-order valence-electron chi connectivity index (χ2n) is 3.57. The van der Waals surface area contributed by atoms with Crippen molar-refractivity contribution in [3.05, 3.63) is 39.7 Å². The normalized spacial score (nSPS) is 10.6. The minimum atomic E-state index is -1.04. The molecule has 0 aromatic carbocycles. The van der Waals surface area contributed by atoms with Crippen molar-refractivity contribution in [1.29, 1.82) is 0 Å². The predicted octanol–water partition coefficient (Wildman–Crippen LogP) is 2.03. The number of carboxylic acids is 1. The lowest BCUT2D eigenvalue weighted by Crippen LogP contribution is -2.11. The third kappa shape index (κ3) is 2.92. The van der Waals surface area contributed by atoms with Crippen LogP contribution in [0.5, 0.6) is 0 Å². The van der Waals surface area contributed by atoms with Crippen LogP contribution in [0.3, 0.4) is 0 Å². The number of aromatic carboxylic acids is 1. The number of thiazole rings is 1. The van der Waals surface area contributed by atoms with Crippen LogP contribution in [-0.4, -0.2) is 16.1 Å². The summed E-state index contributed by atoms with van der Waals surface area (Å²) in [4.78, 5) is 15.8. The minimum Gasteiger partial charge on any atom is -0.475 e. The van der Waals surface area contributed by atoms with Crippen LogP contribution in [0.1, 0.15) is 26.8 Å². The summed E-state index contributed by atoms with van der Waals surface area (Å²) in [5, 5.41) is 12.0. The van der Waals surface area contributed by atoms with Crippen molar-refractivity contribution in [3.8, 4) is 0 Å². The molecule has 2 heterocycles. The Morgan fingerprint density at radius 1 is 1.59 bits per heavy atom. The van der Waals surface area contributed by atoms with Gasteiger partial charge in [0.25, 0.3) is 0 Å². The third-order valence-corrected chi connectivity index (χ3v) is 3.11. The molecule has 0 radical (unpaired) electrons. The van der Waals surface area contributed by atoms with E-state index in [2.05, 4.69) is 10.3 Å². The van der Waals surface area contributed by atoms with Gasteiger partial charge in [-0.3, -0.25) is 4.98 Å². The second kappa shape index (κ2) is 5.11. The van der Waals surface area contributed by atoms with Gasteiger partial charge in [0.05, 0.1) is 5.51 Å². The first-order chi connectivity index (χ1) is 8.16. The number of nitrogens with zero attached hydrogens (tertiary/aromatic N) is 1. The molecule has 0 aliphatic carbocycles. The fourth-order valence-electron chi connectivity index (χ4n) is 1.45. The van der Waals surface area contributed by atoms with Gasteiger partial charge in [0.15, 0.2) is 0 Å². The molecule has 0 aliphatic rings. The van der Waals surface area contributed by atoms with Gasteiger partial charge < -0.3 is 14.8 Å². The number of rotatable bonds is 5. The average molecular weight is 252 g/mol. The zero-order valence-electron chi connectivity index (χ0n) is 9.27. The van der Waals surface area contributed by atoms with Crippen LogP contribution < -0.4 is 5.32 Å². The fourth-order valence-corrected chi connectivity index (χ4v) is 2.01. The van der Waals surface area contributed by atoms with Gasteiger partial charge in [-0.2, -0.15) is 0 Å². The molecule has 17 heavy (non-hydrogen) atoms. The molecular weight excluding hydrogens is 240 g/mol. The van der Waals surface area contributed by atoms with Crippen molar-refractivity contribution in [3.63, 3.8) is 0 Å². The Kier molecular flexibility index (Phi) is 3.55. The Balaban J connectivity index is 1.92. The first-order valence-electron chi connectivity index (χ1n) is 5.07. The zero-order valence-corrected chi connectivity index (χ0v) is 10.1. The topological polar surface area (TPSA) is 75.4 Å². The van der Waals surface area contributed by atoms with Gasteiger partial charge in [-0.15, -0.1) is 11.3 Å². The van der Waals surface area contributed by atoms with Gasteiger partial charge in [0.2, 0.25) is 5.76 Å². The van der Waals surface area contributed by atoms with Crippen molar-refractivity contribution < 1.29 is 14.3 Å². The minimum absolute atomic E-state index is 0.0166. The summed E-state index contributed by atoms with van der Waals surface area (Å²) in [7, 11) is 0. The molecule has 90 valence electrons. The summed E-state index contributed by atoms with van der Waals surface area (Å²) in [5.74, 6) is -0.418. The molecular formula is C11H12N2O3S. The largest absolute Gasteiger partial charge is 0.475 e. The molecule has 0 unspecified atom stereocenters. The average Bonchev–Trinajstić information content (AvgIpc) is 2.89. The number of nitrogens with one attached hydrogen (secondary N) is 1. The maximum Gasteiger partial charge on any atom is 0.371 e. The van der Waals surface area contributed by atoms with Crippen molar-refractivity contribution in [2.75, 3.05) is 0 Å². The molecule has 2 aromatic heterocycles. The number of furan rings is 1. The molecule has 0 bridgehead atoms. The highest BCUT2D eigenvalue weighted by molar-refractivity contribution is 7.09. The van der Waals surface area contributed by atoms with Crippen LogP contribution in [0.25, 0.3) is 0 Å². The Hall–Kier alpha value is -1.66. The molecule has 0 spiro atoms. The third-order valence-electron chi connectivity index (χ3n) is 2.33. The van der Waals surface area contributed by atoms with Crippen molar-refractivity contribution >= 4 is 17.3 Å². The summed E-state index contributed by atoms with van der Waals surface area (Å²) < 4.78 is 5.11. The lowest BCUT2D eigenvalue weighted by molar-refractivity contribution is 0.0661. The highest BCUT2D eigenvalue weighted by Gasteiger charge is 2.12. The molecule has 0 amide bonds. The van der Waals surface area contributed by atoms with Gasteiger partial charge in [0, 0.05) is 29.7 Å². The van der Waals surface area contributed by atoms with Crippen LogP contribution in [-0.2, 0) is 13.1 Å². The maximum absolute atomic E-state index is 10.7. The molecule has 0 saturated carbocycles. The summed E-state index contributed by atoms with van der Waals surface area (Å²) in [6.07, 6.45) is 1.81. The zero-order chi connectivity index (χ0) is 12.3. The van der Waals surface area contributed by atoms with E-state index in [-0.39, 0.29) is 5.76 Å². The lowest BCUT2D eigenvalue weighted by Gasteiger charge is -2.00. The number of aryl methyl sites for hydroxylation is 1. The highest BCUT2D eigenvalue weighted by Crippen LogP contribution is 2.14. The molecule has 5 nitrogen and oxygen atoms in total. The molecule has 6 heteroatoms. The Labute approximate surface area is 102 Å². The molecule has 0 saturated heterocycles. The van der Waals surface area contributed by atoms with E-state index < -0.39 is 5.97 Å². The van der Waals surface area contributed by atoms with Gasteiger partial charge in [-0.05, 0) is 13.0 Å². The SMILES string of the molecule is Cc1oc(C(=O)O)cc1CNCc1cncs1. The Morgan fingerprint density at radius 3 is 3.00 bits per heavy atom. The van der Waals surface area contributed by atoms with Gasteiger partial charge in [0.1, 0.15) is 5.76 Å². The Morgan fingerprint density at radius 2 is 2.41 bits per heavy atom. The van der Waals surface area contributed by atoms with Crippen molar-refractivity contribution in [2.45, 2.75) is 20.0 Å². The molecule has 2 rings (SSSR count). The van der Waals surface area contributed by atoms with Crippen LogP contribution in [0.15, 0.2) is 22.2 Å². The Bertz CT molecular complexity index is 505. The number of hydrogen-bond acceptors (Lipinski definition) is 5. The van der Waals surface area contributed by atoms with E-state index in [4.69, 9.17) is 9.52 Å². The van der Waals surface area contributed by atoms with Crippen molar-refractivity contribution in [1.82, 2.24) is 10.3 Å². The number of aromatic nitrogens is 1. The first kappa shape index (κ1) is 11.8. The second-order valence-corrected chi connectivity index (χ2v) is 4.54. The van der Waals surface area contributed by atoms with E-state index in [1.54, 1.807) is 29.8 Å². The molecule has 0 aliphatic heterocycles. The van der Waals surface area contributed by atoms with E-state index in [1.165, 1.54) is 0 Å². The summed E-state index contributed by atoms with van der Waals surface area (Å²) in [6, 6.07) is 1.55. The van der Waals surface area contributed by atoms with E-state index in [1.807, 2.05) is 6.20 Å². The van der Waals surface area contributed by atoms with E-state index >= 15 is 0 Å². The summed E-state index contributed by atoms with van der Waals surface area (Å²) in [6.45, 7) is 3.06. The first-order valence-corrected chi connectivity index (χ1v) is 5.95. The standard InChI is InChI=1S/C11H12N2O3S/c1-7-8(2-10(16-7)11(14)15)3-12-4-9-5-13-6-17-9/h2,5-6,12H,3-4H2,1H3,(H,14,15). The van der Waals surface area contributed by atoms with Gasteiger partial charge >= 0.3 is 5.97 Å². The van der Waals surface area contributed by atoms with E-state index in [0.29, 0.717) is 12.3 Å². The molecule has 2 aromatic rings. The van der Waals surface area contributed by atoms with E-state index in [0.717, 1.165) is 17.0 Å². The molecule has 2 N–H and O–H groups in total. The van der Waals surface area contributed by atoms with Crippen LogP contribution >= 0.6 is 11.3 Å².